The number of Topliss-reactive ketones (excluding diaryl/α,β-unsaturated/α-hetero) is 1. The van der Waals surface area contributed by atoms with Crippen molar-refractivity contribution in [2.75, 3.05) is 0 Å². The highest BCUT2D eigenvalue weighted by molar-refractivity contribution is 6.74. The highest BCUT2D eigenvalue weighted by atomic mass is 28.4. The maximum Gasteiger partial charge on any atom is 0.192 e. The molecule has 0 amide bonds. The number of hydrogen-bond donors (Lipinski definition) is 0. The molecule has 3 aliphatic rings. The number of carbonyl (C=O) groups excluding carboxylic acids is 2. The zero-order chi connectivity index (χ0) is 19.5. The van der Waals surface area contributed by atoms with E-state index in [1.54, 1.807) is 0 Å². The van der Waals surface area contributed by atoms with E-state index in [0.29, 0.717) is 24.4 Å². The van der Waals surface area contributed by atoms with E-state index in [2.05, 4.69) is 40.8 Å². The van der Waals surface area contributed by atoms with Crippen LogP contribution in [0.25, 0.3) is 0 Å². The molecule has 6 atom stereocenters. The smallest absolute Gasteiger partial charge is 0.192 e. The van der Waals surface area contributed by atoms with E-state index < -0.39 is 13.7 Å². The summed E-state index contributed by atoms with van der Waals surface area (Å²) in [6.07, 6.45) is 7.28. The third-order valence-corrected chi connectivity index (χ3v) is 13.4. The molecule has 0 aromatic heterocycles. The molecule has 26 heavy (non-hydrogen) atoms. The Labute approximate surface area is 160 Å². The predicted octanol–water partition coefficient (Wildman–Crippen LogP) is 5.39. The van der Waals surface area contributed by atoms with Crippen molar-refractivity contribution in [1.82, 2.24) is 0 Å². The van der Waals surface area contributed by atoms with Crippen LogP contribution in [0.5, 0.6) is 0 Å². The summed E-state index contributed by atoms with van der Waals surface area (Å²) in [6, 6.07) is 0. The van der Waals surface area contributed by atoms with Crippen molar-refractivity contribution in [1.29, 1.82) is 0 Å². The van der Waals surface area contributed by atoms with Gasteiger partial charge in [0.2, 0.25) is 0 Å². The summed E-state index contributed by atoms with van der Waals surface area (Å²) in [5.74, 6) is 1.52. The molecule has 0 aromatic rings. The van der Waals surface area contributed by atoms with Crippen molar-refractivity contribution >= 4 is 20.4 Å². The van der Waals surface area contributed by atoms with Gasteiger partial charge < -0.3 is 9.22 Å². The summed E-state index contributed by atoms with van der Waals surface area (Å²) >= 11 is 0. The lowest BCUT2D eigenvalue weighted by molar-refractivity contribution is -0.150. The maximum atomic E-state index is 12.5. The minimum Gasteiger partial charge on any atom is -0.413 e. The Morgan fingerprint density at radius 2 is 1.73 bits per heavy atom. The minimum absolute atomic E-state index is 0.171. The molecule has 0 aromatic carbocycles. The molecule has 148 valence electrons. The van der Waals surface area contributed by atoms with Gasteiger partial charge in [-0.15, -0.1) is 0 Å². The molecule has 3 aliphatic carbocycles. The Morgan fingerprint density at radius 3 is 2.31 bits per heavy atom. The van der Waals surface area contributed by atoms with Crippen molar-refractivity contribution in [2.24, 2.45) is 28.6 Å². The molecule has 3 nitrogen and oxygen atoms in total. The zero-order valence-corrected chi connectivity index (χ0v) is 18.9. The quantitative estimate of drug-likeness (QED) is 0.376. The predicted molar refractivity (Wildman–Crippen MR) is 108 cm³/mol. The van der Waals surface area contributed by atoms with Crippen LogP contribution in [0.15, 0.2) is 0 Å². The monoisotopic (exact) mass is 378 g/mol. The topological polar surface area (TPSA) is 43.4 Å². The van der Waals surface area contributed by atoms with Gasteiger partial charge in [0, 0.05) is 6.42 Å². The number of aldehydes is 1. The van der Waals surface area contributed by atoms with Crippen molar-refractivity contribution in [3.63, 3.8) is 0 Å². The fourth-order valence-electron chi connectivity index (χ4n) is 6.04. The van der Waals surface area contributed by atoms with Crippen molar-refractivity contribution in [3.05, 3.63) is 0 Å². The van der Waals surface area contributed by atoms with Crippen LogP contribution in [-0.2, 0) is 14.0 Å². The Morgan fingerprint density at radius 1 is 1.08 bits per heavy atom. The van der Waals surface area contributed by atoms with Crippen LogP contribution in [0.1, 0.15) is 73.1 Å². The molecule has 0 saturated heterocycles. The number of hydrogen-bond acceptors (Lipinski definition) is 3. The second-order valence-corrected chi connectivity index (χ2v) is 16.0. The fourth-order valence-corrected chi connectivity index (χ4v) is 7.49. The summed E-state index contributed by atoms with van der Waals surface area (Å²) in [7, 11) is -1.79. The molecule has 0 spiro atoms. The minimum atomic E-state index is -1.79. The van der Waals surface area contributed by atoms with Gasteiger partial charge in [0.05, 0.1) is 11.5 Å². The summed E-state index contributed by atoms with van der Waals surface area (Å²) < 4.78 is 6.92. The fraction of sp³-hybridized carbons (Fsp3) is 0.909. The number of carbonyl (C=O) groups is 2. The third kappa shape index (κ3) is 2.86. The maximum absolute atomic E-state index is 12.5. The molecule has 0 N–H and O–H groups in total. The summed E-state index contributed by atoms with van der Waals surface area (Å²) in [4.78, 5) is 24.3. The van der Waals surface area contributed by atoms with E-state index in [-0.39, 0.29) is 22.2 Å². The van der Waals surface area contributed by atoms with Gasteiger partial charge in [-0.25, -0.2) is 0 Å². The molecule has 0 heterocycles. The van der Waals surface area contributed by atoms with E-state index in [9.17, 15) is 9.59 Å². The van der Waals surface area contributed by atoms with E-state index in [4.69, 9.17) is 4.43 Å². The van der Waals surface area contributed by atoms with Crippen LogP contribution in [0.2, 0.25) is 18.1 Å². The lowest BCUT2D eigenvalue weighted by Crippen LogP contribution is -2.55. The van der Waals surface area contributed by atoms with Crippen LogP contribution in [-0.4, -0.2) is 26.5 Å². The molecule has 3 saturated carbocycles. The van der Waals surface area contributed by atoms with Crippen LogP contribution < -0.4 is 0 Å². The Hall–Kier alpha value is -0.483. The van der Waals surface area contributed by atoms with Gasteiger partial charge in [-0.1, -0.05) is 27.7 Å². The number of ketones is 1. The van der Waals surface area contributed by atoms with E-state index in [1.807, 2.05) is 6.92 Å². The summed E-state index contributed by atoms with van der Waals surface area (Å²) in [5, 5.41) is 0.228. The van der Waals surface area contributed by atoms with Crippen LogP contribution >= 0.6 is 0 Å². The first-order valence-electron chi connectivity index (χ1n) is 10.5. The van der Waals surface area contributed by atoms with E-state index in [1.165, 1.54) is 6.42 Å². The van der Waals surface area contributed by atoms with Gasteiger partial charge >= 0.3 is 0 Å². The highest BCUT2D eigenvalue weighted by Crippen LogP contribution is 2.63. The average molecular weight is 379 g/mol. The van der Waals surface area contributed by atoms with E-state index >= 15 is 0 Å². The standard InChI is InChI=1S/C22H38O3Si/c1-20(2,3)26(6,7)25-19-11-9-16-15-8-10-18(24)22(5,14-23)17(15)12-13-21(16,19)4/h14-17,19H,8-13H2,1-7H3/t15?,16?,17?,19-,21-,22+/m0/s1. The number of fused-ring (bicyclic) bond motifs is 3. The second kappa shape index (κ2) is 6.27. The summed E-state index contributed by atoms with van der Waals surface area (Å²) in [5.41, 5.74) is -0.538. The van der Waals surface area contributed by atoms with Gasteiger partial charge in [0.15, 0.2) is 8.32 Å². The zero-order valence-electron chi connectivity index (χ0n) is 17.9. The van der Waals surface area contributed by atoms with Gasteiger partial charge in [0.1, 0.15) is 12.1 Å². The summed E-state index contributed by atoms with van der Waals surface area (Å²) in [6.45, 7) is 16.0. The molecule has 0 aliphatic heterocycles. The Kier molecular flexibility index (Phi) is 4.88. The first-order valence-corrected chi connectivity index (χ1v) is 13.4. The third-order valence-electron chi connectivity index (χ3n) is 8.91. The van der Waals surface area contributed by atoms with Gasteiger partial charge in [-0.05, 0) is 80.3 Å². The number of rotatable bonds is 3. The first-order chi connectivity index (χ1) is 11.9. The molecular formula is C22H38O3Si. The highest BCUT2D eigenvalue weighted by Gasteiger charge is 2.61. The molecule has 3 rings (SSSR count). The van der Waals surface area contributed by atoms with Gasteiger partial charge in [0.25, 0.3) is 0 Å². The SMILES string of the molecule is CC(C)(C)[Si](C)(C)O[C@H]1CCC2C3CCC(=O)[C@](C)(C=O)C3CC[C@@]21C. The van der Waals surface area contributed by atoms with Crippen LogP contribution in [0.4, 0.5) is 0 Å². The largest absolute Gasteiger partial charge is 0.413 e. The molecule has 0 bridgehead atoms. The molecule has 3 unspecified atom stereocenters. The van der Waals surface area contributed by atoms with E-state index in [0.717, 1.165) is 32.0 Å². The van der Waals surface area contributed by atoms with Crippen LogP contribution in [0.3, 0.4) is 0 Å². The van der Waals surface area contributed by atoms with Crippen molar-refractivity contribution < 1.29 is 14.0 Å². The lowest BCUT2D eigenvalue weighted by Gasteiger charge is -2.55. The normalized spacial score (nSPS) is 43.7. The van der Waals surface area contributed by atoms with Crippen LogP contribution in [0, 0.1) is 28.6 Å². The van der Waals surface area contributed by atoms with Crippen molar-refractivity contribution in [3.8, 4) is 0 Å². The Balaban J connectivity index is 1.84. The second-order valence-electron chi connectivity index (χ2n) is 11.2. The van der Waals surface area contributed by atoms with Crippen molar-refractivity contribution in [2.45, 2.75) is 97.4 Å². The molecule has 3 fully saturated rings. The molecule has 4 heteroatoms. The van der Waals surface area contributed by atoms with Gasteiger partial charge in [-0.3, -0.25) is 4.79 Å². The molecule has 0 radical (unpaired) electrons. The Bertz CT molecular complexity index is 593. The first kappa shape index (κ1) is 20.3. The molecular weight excluding hydrogens is 340 g/mol. The lowest BCUT2D eigenvalue weighted by atomic mass is 9.50. The van der Waals surface area contributed by atoms with Gasteiger partial charge in [-0.2, -0.15) is 0 Å². The average Bonchev–Trinajstić information content (AvgIpc) is 2.86.